The van der Waals surface area contributed by atoms with Crippen LogP contribution in [0.3, 0.4) is 0 Å². The molecule has 0 N–H and O–H groups in total. The van der Waals surface area contributed by atoms with Crippen molar-refractivity contribution in [2.24, 2.45) is 0 Å². The van der Waals surface area contributed by atoms with E-state index in [1.807, 2.05) is 27.9 Å². The molecule has 3 heteroatoms. The molecule has 0 aromatic rings. The molecule has 0 aliphatic heterocycles. The zero-order valence-electron chi connectivity index (χ0n) is 8.46. The van der Waals surface area contributed by atoms with Gasteiger partial charge in [-0.1, -0.05) is 6.92 Å². The van der Waals surface area contributed by atoms with Gasteiger partial charge in [0.05, 0.1) is 5.25 Å². The van der Waals surface area contributed by atoms with Gasteiger partial charge in [0.25, 0.3) is 0 Å². The molecule has 0 radical (unpaired) electrons. The molecule has 0 spiro atoms. The summed E-state index contributed by atoms with van der Waals surface area (Å²) in [5, 5.41) is 0.176. The third kappa shape index (κ3) is 5.61. The maximum atomic E-state index is 11.2. The second-order valence-corrected chi connectivity index (χ2v) is 4.58. The second kappa shape index (κ2) is 6.49. The SMILES string of the molecule is CCC(=O)C(C)SCCN(C)C. The average molecular weight is 189 g/mol. The van der Waals surface area contributed by atoms with Crippen molar-refractivity contribution in [1.29, 1.82) is 0 Å². The normalized spacial score (nSPS) is 13.4. The number of rotatable bonds is 6. The minimum atomic E-state index is 0.176. The highest BCUT2D eigenvalue weighted by atomic mass is 32.2. The molecule has 0 heterocycles. The first kappa shape index (κ1) is 12.0. The fraction of sp³-hybridized carbons (Fsp3) is 0.889. The Morgan fingerprint density at radius 3 is 2.50 bits per heavy atom. The van der Waals surface area contributed by atoms with Crippen LogP contribution in [-0.2, 0) is 4.79 Å². The molecular formula is C9H19NOS. The molecule has 1 unspecified atom stereocenters. The summed E-state index contributed by atoms with van der Waals surface area (Å²) in [6.45, 7) is 4.96. The lowest BCUT2D eigenvalue weighted by molar-refractivity contribution is -0.117. The number of thioether (sulfide) groups is 1. The number of ketones is 1. The fourth-order valence-electron chi connectivity index (χ4n) is 0.792. The van der Waals surface area contributed by atoms with Gasteiger partial charge in [0.1, 0.15) is 5.78 Å². The molecule has 12 heavy (non-hydrogen) atoms. The Morgan fingerprint density at radius 2 is 2.08 bits per heavy atom. The Labute approximate surface area is 79.7 Å². The summed E-state index contributed by atoms with van der Waals surface area (Å²) in [6.07, 6.45) is 0.663. The lowest BCUT2D eigenvalue weighted by atomic mass is 10.2. The first-order valence-corrected chi connectivity index (χ1v) is 5.41. The molecular weight excluding hydrogens is 170 g/mol. The predicted octanol–water partition coefficient (Wildman–Crippen LogP) is 1.65. The van der Waals surface area contributed by atoms with E-state index in [4.69, 9.17) is 0 Å². The van der Waals surface area contributed by atoms with E-state index in [0.29, 0.717) is 12.2 Å². The quantitative estimate of drug-likeness (QED) is 0.633. The standard InChI is InChI=1S/C9H19NOS/c1-5-9(11)8(2)12-7-6-10(3)4/h8H,5-7H2,1-4H3. The molecule has 0 aromatic carbocycles. The van der Waals surface area contributed by atoms with E-state index in [2.05, 4.69) is 4.90 Å². The number of carbonyl (C=O) groups excluding carboxylic acids is 1. The van der Waals surface area contributed by atoms with Crippen molar-refractivity contribution in [2.75, 3.05) is 26.4 Å². The molecule has 0 saturated carbocycles. The Hall–Kier alpha value is -0.0200. The van der Waals surface area contributed by atoms with Crippen molar-refractivity contribution in [2.45, 2.75) is 25.5 Å². The first-order valence-electron chi connectivity index (χ1n) is 4.37. The van der Waals surface area contributed by atoms with Gasteiger partial charge in [0.15, 0.2) is 0 Å². The second-order valence-electron chi connectivity index (χ2n) is 3.14. The summed E-state index contributed by atoms with van der Waals surface area (Å²) < 4.78 is 0. The van der Waals surface area contributed by atoms with Crippen molar-refractivity contribution in [3.63, 3.8) is 0 Å². The molecule has 0 aliphatic rings. The minimum absolute atomic E-state index is 0.176. The van der Waals surface area contributed by atoms with Gasteiger partial charge < -0.3 is 4.90 Å². The lowest BCUT2D eigenvalue weighted by Gasteiger charge is -2.11. The molecule has 0 rings (SSSR count). The Morgan fingerprint density at radius 1 is 1.50 bits per heavy atom. The Balaban J connectivity index is 3.43. The van der Waals surface area contributed by atoms with Crippen LogP contribution in [-0.4, -0.2) is 42.3 Å². The smallest absolute Gasteiger partial charge is 0.145 e. The third-order valence-corrected chi connectivity index (χ3v) is 2.89. The summed E-state index contributed by atoms with van der Waals surface area (Å²) in [4.78, 5) is 13.3. The van der Waals surface area contributed by atoms with E-state index in [1.165, 1.54) is 0 Å². The van der Waals surface area contributed by atoms with Gasteiger partial charge in [-0.3, -0.25) is 4.79 Å². The van der Waals surface area contributed by atoms with Crippen molar-refractivity contribution in [3.8, 4) is 0 Å². The van der Waals surface area contributed by atoms with Crippen LogP contribution in [0, 0.1) is 0 Å². The summed E-state index contributed by atoms with van der Waals surface area (Å²) in [7, 11) is 4.10. The zero-order valence-corrected chi connectivity index (χ0v) is 9.28. The van der Waals surface area contributed by atoms with Crippen LogP contribution in [0.15, 0.2) is 0 Å². The molecule has 0 fully saturated rings. The van der Waals surface area contributed by atoms with E-state index >= 15 is 0 Å². The van der Waals surface area contributed by atoms with Crippen LogP contribution in [0.1, 0.15) is 20.3 Å². The first-order chi connectivity index (χ1) is 5.57. The Bertz CT molecular complexity index is 136. The molecule has 0 aromatic heterocycles. The van der Waals surface area contributed by atoms with Gasteiger partial charge in [0.2, 0.25) is 0 Å². The van der Waals surface area contributed by atoms with Crippen LogP contribution in [0.25, 0.3) is 0 Å². The van der Waals surface area contributed by atoms with Crippen LogP contribution in [0.4, 0.5) is 0 Å². The summed E-state index contributed by atoms with van der Waals surface area (Å²) in [5.74, 6) is 1.40. The monoisotopic (exact) mass is 189 g/mol. The van der Waals surface area contributed by atoms with Gasteiger partial charge in [-0.05, 0) is 21.0 Å². The molecule has 72 valence electrons. The molecule has 0 bridgehead atoms. The highest BCUT2D eigenvalue weighted by molar-refractivity contribution is 8.00. The summed E-state index contributed by atoms with van der Waals surface area (Å²) >= 11 is 1.75. The van der Waals surface area contributed by atoms with Crippen molar-refractivity contribution in [1.82, 2.24) is 4.90 Å². The van der Waals surface area contributed by atoms with E-state index in [9.17, 15) is 4.79 Å². The molecule has 2 nitrogen and oxygen atoms in total. The predicted molar refractivity (Wildman–Crippen MR) is 55.8 cm³/mol. The lowest BCUT2D eigenvalue weighted by Crippen LogP contribution is -2.18. The van der Waals surface area contributed by atoms with Crippen LogP contribution in [0.2, 0.25) is 0 Å². The topological polar surface area (TPSA) is 20.3 Å². The number of nitrogens with zero attached hydrogens (tertiary/aromatic N) is 1. The van der Waals surface area contributed by atoms with Gasteiger partial charge in [-0.15, -0.1) is 11.8 Å². The Kier molecular flexibility index (Phi) is 6.48. The minimum Gasteiger partial charge on any atom is -0.309 e. The third-order valence-electron chi connectivity index (χ3n) is 1.71. The molecule has 1 atom stereocenters. The maximum absolute atomic E-state index is 11.2. The van der Waals surface area contributed by atoms with E-state index in [1.54, 1.807) is 11.8 Å². The largest absolute Gasteiger partial charge is 0.309 e. The van der Waals surface area contributed by atoms with E-state index in [-0.39, 0.29) is 5.25 Å². The van der Waals surface area contributed by atoms with Crippen LogP contribution >= 0.6 is 11.8 Å². The molecule has 0 amide bonds. The van der Waals surface area contributed by atoms with Crippen LogP contribution in [0.5, 0.6) is 0 Å². The summed E-state index contributed by atoms with van der Waals surface area (Å²) in [6, 6.07) is 0. The average Bonchev–Trinajstić information content (AvgIpc) is 2.02. The van der Waals surface area contributed by atoms with Crippen molar-refractivity contribution >= 4 is 17.5 Å². The maximum Gasteiger partial charge on any atom is 0.145 e. The fourth-order valence-corrected chi connectivity index (χ4v) is 1.97. The number of Topliss-reactive ketones (excluding diaryl/α,β-unsaturated/α-hetero) is 1. The van der Waals surface area contributed by atoms with Crippen molar-refractivity contribution < 1.29 is 4.79 Å². The number of hydrogen-bond donors (Lipinski definition) is 0. The highest BCUT2D eigenvalue weighted by Crippen LogP contribution is 2.12. The zero-order chi connectivity index (χ0) is 9.56. The van der Waals surface area contributed by atoms with Gasteiger partial charge in [-0.2, -0.15) is 0 Å². The summed E-state index contributed by atoms with van der Waals surface area (Å²) in [5.41, 5.74) is 0. The van der Waals surface area contributed by atoms with Gasteiger partial charge >= 0.3 is 0 Å². The van der Waals surface area contributed by atoms with Crippen molar-refractivity contribution in [3.05, 3.63) is 0 Å². The van der Waals surface area contributed by atoms with E-state index < -0.39 is 0 Å². The molecule has 0 aliphatic carbocycles. The van der Waals surface area contributed by atoms with Crippen LogP contribution < -0.4 is 0 Å². The van der Waals surface area contributed by atoms with Gasteiger partial charge in [-0.25, -0.2) is 0 Å². The van der Waals surface area contributed by atoms with Gasteiger partial charge in [0, 0.05) is 18.7 Å². The number of carbonyl (C=O) groups is 1. The molecule has 0 saturated heterocycles. The number of hydrogen-bond acceptors (Lipinski definition) is 3. The highest BCUT2D eigenvalue weighted by Gasteiger charge is 2.09. The van der Waals surface area contributed by atoms with E-state index in [0.717, 1.165) is 12.3 Å².